The van der Waals surface area contributed by atoms with Crippen molar-refractivity contribution in [3.8, 4) is 5.75 Å². The molecule has 14 heavy (non-hydrogen) atoms. The molecule has 0 amide bonds. The number of carbonyl (C=O) groups excluding carboxylic acids is 1. The van der Waals surface area contributed by atoms with Gasteiger partial charge in [0.2, 0.25) is 0 Å². The quantitative estimate of drug-likeness (QED) is 0.309. The van der Waals surface area contributed by atoms with E-state index in [1.165, 1.54) is 0 Å². The number of nitrogen functional groups attached to an aromatic ring is 1. The Balaban J connectivity index is 2.68. The number of benzene rings is 1. The zero-order valence-corrected chi connectivity index (χ0v) is 7.82. The number of nitrogens with one attached hydrogen (secondary N) is 1. The molecule has 1 aromatic rings. The molecule has 0 aromatic heterocycles. The van der Waals surface area contributed by atoms with Gasteiger partial charge in [-0.15, -0.1) is 5.48 Å². The summed E-state index contributed by atoms with van der Waals surface area (Å²) in [5, 5.41) is 0. The van der Waals surface area contributed by atoms with Gasteiger partial charge in [-0.25, -0.2) is 0 Å². The monoisotopic (exact) mass is 196 g/mol. The van der Waals surface area contributed by atoms with Gasteiger partial charge in [0.15, 0.2) is 0 Å². The molecule has 0 unspecified atom stereocenters. The fourth-order valence-electron chi connectivity index (χ4n) is 1.02. The summed E-state index contributed by atoms with van der Waals surface area (Å²) in [6, 6.07) is 5.27. The number of hydrogen-bond donors (Lipinski definition) is 2. The van der Waals surface area contributed by atoms with E-state index >= 15 is 0 Å². The van der Waals surface area contributed by atoms with E-state index in [1.807, 2.05) is 0 Å². The topological polar surface area (TPSA) is 73.6 Å². The highest BCUT2D eigenvalue weighted by Crippen LogP contribution is 2.18. The van der Waals surface area contributed by atoms with Gasteiger partial charge < -0.3 is 15.3 Å². The molecular formula is C9H12N2O3. The molecular weight excluding hydrogens is 184 g/mol. The molecule has 0 saturated carbocycles. The number of nitrogens with two attached hydrogens (primary N) is 1. The lowest BCUT2D eigenvalue weighted by molar-refractivity contribution is -0.135. The summed E-state index contributed by atoms with van der Waals surface area (Å²) in [4.78, 5) is 14.2. The second kappa shape index (κ2) is 5.08. The fourth-order valence-corrected chi connectivity index (χ4v) is 1.02. The Morgan fingerprint density at radius 3 is 3.00 bits per heavy atom. The molecule has 76 valence electrons. The Morgan fingerprint density at radius 1 is 1.57 bits per heavy atom. The summed E-state index contributed by atoms with van der Waals surface area (Å²) >= 11 is 0. The van der Waals surface area contributed by atoms with Crippen molar-refractivity contribution in [1.82, 2.24) is 5.48 Å². The summed E-state index contributed by atoms with van der Waals surface area (Å²) in [5.74, 6) is 0.710. The van der Waals surface area contributed by atoms with Crippen LogP contribution in [0.5, 0.6) is 5.75 Å². The third-order valence-electron chi connectivity index (χ3n) is 1.74. The Labute approximate surface area is 81.8 Å². The first-order valence-corrected chi connectivity index (χ1v) is 4.02. The first kappa shape index (κ1) is 10.3. The van der Waals surface area contributed by atoms with Crippen LogP contribution in [-0.4, -0.2) is 13.6 Å². The molecule has 0 aliphatic rings. The second-order valence-electron chi connectivity index (χ2n) is 2.60. The van der Waals surface area contributed by atoms with Crippen molar-refractivity contribution < 1.29 is 14.4 Å². The normalized spacial score (nSPS) is 9.50. The molecule has 5 nitrogen and oxygen atoms in total. The lowest BCUT2D eigenvalue weighted by Crippen LogP contribution is -2.14. The maximum Gasteiger partial charge on any atom is 0.312 e. The highest BCUT2D eigenvalue weighted by atomic mass is 16.7. The lowest BCUT2D eigenvalue weighted by atomic mass is 10.2. The van der Waals surface area contributed by atoms with Gasteiger partial charge in [0.1, 0.15) is 5.75 Å². The predicted octanol–water partition coefficient (Wildman–Crippen LogP) is 0.455. The third-order valence-corrected chi connectivity index (χ3v) is 1.74. The molecule has 0 heterocycles. The van der Waals surface area contributed by atoms with Crippen molar-refractivity contribution in [3.63, 3.8) is 0 Å². The van der Waals surface area contributed by atoms with Crippen LogP contribution in [0.25, 0.3) is 0 Å². The van der Waals surface area contributed by atoms with Crippen LogP contribution in [0.3, 0.4) is 0 Å². The van der Waals surface area contributed by atoms with Gasteiger partial charge in [-0.1, -0.05) is 0 Å². The van der Waals surface area contributed by atoms with Crippen LogP contribution >= 0.6 is 0 Å². The van der Waals surface area contributed by atoms with Crippen LogP contribution < -0.4 is 16.0 Å². The van der Waals surface area contributed by atoms with E-state index in [0.29, 0.717) is 24.5 Å². The molecule has 1 rings (SSSR count). The number of carbonyl (C=O) groups is 1. The molecule has 1 aromatic carbocycles. The standard InChI is InChI=1S/C9H12N2O3/c1-13-8-2-3-9(10)7(4-8)5-11-14-6-12/h2-4,6,11H,5,10H2,1H3. The van der Waals surface area contributed by atoms with Crippen molar-refractivity contribution >= 4 is 12.2 Å². The molecule has 5 heteroatoms. The van der Waals surface area contributed by atoms with Gasteiger partial charge in [-0.2, -0.15) is 0 Å². The van der Waals surface area contributed by atoms with Crippen molar-refractivity contribution in [1.29, 1.82) is 0 Å². The minimum absolute atomic E-state index is 0.316. The molecule has 0 aliphatic carbocycles. The molecule has 0 saturated heterocycles. The van der Waals surface area contributed by atoms with Crippen LogP contribution in [0, 0.1) is 0 Å². The average molecular weight is 196 g/mol. The number of anilines is 1. The average Bonchev–Trinajstić information content (AvgIpc) is 2.21. The van der Waals surface area contributed by atoms with Gasteiger partial charge in [0.25, 0.3) is 0 Å². The number of hydroxylamine groups is 1. The SMILES string of the molecule is COc1ccc(N)c(CNOC=O)c1. The number of methoxy groups -OCH3 is 1. The van der Waals surface area contributed by atoms with Gasteiger partial charge in [0.05, 0.1) is 13.7 Å². The first-order chi connectivity index (χ1) is 6.77. The van der Waals surface area contributed by atoms with Gasteiger partial charge in [-0.05, 0) is 23.8 Å². The van der Waals surface area contributed by atoms with Gasteiger partial charge >= 0.3 is 6.47 Å². The molecule has 3 N–H and O–H groups in total. The van der Waals surface area contributed by atoms with Crippen LogP contribution in [0.2, 0.25) is 0 Å². The van der Waals surface area contributed by atoms with E-state index in [2.05, 4.69) is 10.3 Å². The van der Waals surface area contributed by atoms with E-state index in [1.54, 1.807) is 25.3 Å². The summed E-state index contributed by atoms with van der Waals surface area (Å²) in [7, 11) is 1.57. The van der Waals surface area contributed by atoms with Crippen LogP contribution in [-0.2, 0) is 16.2 Å². The maximum absolute atomic E-state index is 9.86. The Morgan fingerprint density at radius 2 is 2.36 bits per heavy atom. The van der Waals surface area contributed by atoms with E-state index in [4.69, 9.17) is 10.5 Å². The van der Waals surface area contributed by atoms with Crippen LogP contribution in [0.15, 0.2) is 18.2 Å². The molecule has 0 bridgehead atoms. The largest absolute Gasteiger partial charge is 0.497 e. The molecule has 0 radical (unpaired) electrons. The lowest BCUT2D eigenvalue weighted by Gasteiger charge is -2.07. The second-order valence-corrected chi connectivity index (χ2v) is 2.60. The summed E-state index contributed by atoms with van der Waals surface area (Å²) in [6.45, 7) is 0.665. The first-order valence-electron chi connectivity index (χ1n) is 4.02. The highest BCUT2D eigenvalue weighted by Gasteiger charge is 2.00. The zero-order chi connectivity index (χ0) is 10.4. The summed E-state index contributed by atoms with van der Waals surface area (Å²) < 4.78 is 5.02. The van der Waals surface area contributed by atoms with Crippen molar-refractivity contribution in [2.75, 3.05) is 12.8 Å². The van der Waals surface area contributed by atoms with Crippen molar-refractivity contribution in [2.45, 2.75) is 6.54 Å². The third kappa shape index (κ3) is 2.63. The van der Waals surface area contributed by atoms with Gasteiger partial charge in [-0.3, -0.25) is 4.79 Å². The molecule has 0 aliphatic heterocycles. The summed E-state index contributed by atoms with van der Waals surface area (Å²) in [5.41, 5.74) is 9.56. The maximum atomic E-state index is 9.86. The molecule has 0 atom stereocenters. The molecule has 0 spiro atoms. The van der Waals surface area contributed by atoms with Crippen LogP contribution in [0.1, 0.15) is 5.56 Å². The summed E-state index contributed by atoms with van der Waals surface area (Å²) in [6.07, 6.45) is 0. The Hall–Kier alpha value is -1.75. The minimum Gasteiger partial charge on any atom is -0.497 e. The molecule has 0 fully saturated rings. The fraction of sp³-hybridized carbons (Fsp3) is 0.222. The van der Waals surface area contributed by atoms with E-state index in [9.17, 15) is 4.79 Å². The smallest absolute Gasteiger partial charge is 0.312 e. The zero-order valence-electron chi connectivity index (χ0n) is 7.82. The number of rotatable bonds is 5. The predicted molar refractivity (Wildman–Crippen MR) is 51.4 cm³/mol. The highest BCUT2D eigenvalue weighted by molar-refractivity contribution is 5.50. The minimum atomic E-state index is 0.316. The van der Waals surface area contributed by atoms with E-state index in [0.717, 1.165) is 5.56 Å². The Bertz CT molecular complexity index is 315. The van der Waals surface area contributed by atoms with Gasteiger partial charge in [0, 0.05) is 5.69 Å². The van der Waals surface area contributed by atoms with E-state index in [-0.39, 0.29) is 0 Å². The van der Waals surface area contributed by atoms with Crippen molar-refractivity contribution in [2.24, 2.45) is 0 Å². The number of ether oxygens (including phenoxy) is 1. The van der Waals surface area contributed by atoms with Crippen molar-refractivity contribution in [3.05, 3.63) is 23.8 Å². The van der Waals surface area contributed by atoms with Crippen LogP contribution in [0.4, 0.5) is 5.69 Å². The Kier molecular flexibility index (Phi) is 3.75. The van der Waals surface area contributed by atoms with E-state index < -0.39 is 0 Å². The number of hydrogen-bond acceptors (Lipinski definition) is 5.